The van der Waals surface area contributed by atoms with Crippen LogP contribution in [0.1, 0.15) is 55.6 Å². The molecular weight excluding hydrogens is 477 g/mol. The monoisotopic (exact) mass is 505 g/mol. The first-order chi connectivity index (χ1) is 17.5. The summed E-state index contributed by atoms with van der Waals surface area (Å²) in [6, 6.07) is 10.4. The van der Waals surface area contributed by atoms with E-state index in [1.54, 1.807) is 30.7 Å². The fourth-order valence-corrected chi connectivity index (χ4v) is 5.81. The van der Waals surface area contributed by atoms with Crippen LogP contribution in [0.4, 0.5) is 9.18 Å². The van der Waals surface area contributed by atoms with Gasteiger partial charge in [0.1, 0.15) is 17.4 Å². The highest BCUT2D eigenvalue weighted by atomic mass is 32.2. The number of imide groups is 1. The first kappa shape index (κ1) is 24.4. The van der Waals surface area contributed by atoms with Crippen molar-refractivity contribution in [1.82, 2.24) is 15.3 Å². The van der Waals surface area contributed by atoms with Crippen LogP contribution in [0.5, 0.6) is 0 Å². The molecular formula is C28H28FN3O3S. The maximum absolute atomic E-state index is 13.8. The van der Waals surface area contributed by atoms with Crippen molar-refractivity contribution in [2.24, 2.45) is 11.8 Å². The van der Waals surface area contributed by atoms with Crippen LogP contribution in [0.3, 0.4) is 0 Å². The molecule has 6 nitrogen and oxygen atoms in total. The molecule has 2 fully saturated rings. The maximum Gasteiger partial charge on any atom is 0.290 e. The molecule has 36 heavy (non-hydrogen) atoms. The third kappa shape index (κ3) is 6.10. The Bertz CT molecular complexity index is 1270. The number of furan rings is 1. The second kappa shape index (κ2) is 11.2. The summed E-state index contributed by atoms with van der Waals surface area (Å²) in [4.78, 5) is 32.5. The first-order valence-corrected chi connectivity index (χ1v) is 13.2. The van der Waals surface area contributed by atoms with Gasteiger partial charge in [0.2, 0.25) is 0 Å². The number of aromatic nitrogens is 2. The minimum atomic E-state index is -0.375. The lowest BCUT2D eigenvalue weighted by Crippen LogP contribution is -2.18. The van der Waals surface area contributed by atoms with Gasteiger partial charge in [-0.2, -0.15) is 0 Å². The molecule has 186 valence electrons. The van der Waals surface area contributed by atoms with E-state index in [0.717, 1.165) is 60.8 Å². The van der Waals surface area contributed by atoms with E-state index in [1.165, 1.54) is 25.3 Å². The summed E-state index contributed by atoms with van der Waals surface area (Å²) in [7, 11) is 0. The largest absolute Gasteiger partial charge is 0.464 e. The van der Waals surface area contributed by atoms with E-state index in [1.807, 2.05) is 18.2 Å². The van der Waals surface area contributed by atoms with Gasteiger partial charge in [0.15, 0.2) is 0 Å². The third-order valence-electron chi connectivity index (χ3n) is 7.00. The maximum atomic E-state index is 13.8. The molecule has 5 rings (SSSR count). The molecule has 1 aliphatic carbocycles. The quantitative estimate of drug-likeness (QED) is 0.349. The van der Waals surface area contributed by atoms with Gasteiger partial charge in [-0.3, -0.25) is 14.9 Å². The summed E-state index contributed by atoms with van der Waals surface area (Å²) in [5.41, 5.74) is 2.63. The molecule has 3 heterocycles. The number of nitrogens with zero attached hydrogens (tertiary/aromatic N) is 2. The lowest BCUT2D eigenvalue weighted by molar-refractivity contribution is -0.115. The van der Waals surface area contributed by atoms with Gasteiger partial charge in [-0.05, 0) is 91.3 Å². The Hall–Kier alpha value is -3.26. The molecule has 0 bridgehead atoms. The van der Waals surface area contributed by atoms with E-state index in [0.29, 0.717) is 28.2 Å². The zero-order chi connectivity index (χ0) is 24.9. The second-order valence-electron chi connectivity index (χ2n) is 9.51. The van der Waals surface area contributed by atoms with Crippen molar-refractivity contribution in [2.45, 2.75) is 51.4 Å². The smallest absolute Gasteiger partial charge is 0.290 e. The number of hydrogen-bond acceptors (Lipinski definition) is 6. The Labute approximate surface area is 213 Å². The van der Waals surface area contributed by atoms with Crippen molar-refractivity contribution in [1.29, 1.82) is 0 Å². The van der Waals surface area contributed by atoms with Crippen molar-refractivity contribution < 1.29 is 18.4 Å². The number of amides is 2. The average molecular weight is 506 g/mol. The Morgan fingerprint density at radius 1 is 1.11 bits per heavy atom. The Morgan fingerprint density at radius 2 is 1.94 bits per heavy atom. The zero-order valence-corrected chi connectivity index (χ0v) is 20.7. The average Bonchev–Trinajstić information content (AvgIpc) is 3.51. The van der Waals surface area contributed by atoms with Crippen LogP contribution in [-0.2, 0) is 17.6 Å². The fraction of sp³-hybridized carbons (Fsp3) is 0.357. The number of hydrogen-bond donors (Lipinski definition) is 1. The Kier molecular flexibility index (Phi) is 7.60. The van der Waals surface area contributed by atoms with E-state index in [9.17, 15) is 14.0 Å². The van der Waals surface area contributed by atoms with E-state index in [-0.39, 0.29) is 17.0 Å². The number of rotatable bonds is 8. The van der Waals surface area contributed by atoms with Gasteiger partial charge in [-0.1, -0.05) is 25.3 Å². The number of halogens is 1. The molecule has 1 aliphatic heterocycles. The highest BCUT2D eigenvalue weighted by Crippen LogP contribution is 2.34. The Balaban J connectivity index is 1.10. The van der Waals surface area contributed by atoms with Crippen LogP contribution in [0.25, 0.3) is 17.4 Å². The summed E-state index contributed by atoms with van der Waals surface area (Å²) in [6.45, 7) is 0. The van der Waals surface area contributed by atoms with Gasteiger partial charge in [0.25, 0.3) is 11.1 Å². The topological polar surface area (TPSA) is 85.1 Å². The van der Waals surface area contributed by atoms with E-state index in [4.69, 9.17) is 4.42 Å². The second-order valence-corrected chi connectivity index (χ2v) is 10.5. The normalized spacial score (nSPS) is 21.2. The van der Waals surface area contributed by atoms with Crippen LogP contribution in [0.15, 0.2) is 58.2 Å². The summed E-state index contributed by atoms with van der Waals surface area (Å²) in [5, 5.41) is 1.91. The molecule has 1 N–H and O–H groups in total. The first-order valence-electron chi connectivity index (χ1n) is 12.4. The van der Waals surface area contributed by atoms with Gasteiger partial charge >= 0.3 is 0 Å². The predicted octanol–water partition coefficient (Wildman–Crippen LogP) is 6.57. The number of nitrogens with one attached hydrogen (secondary N) is 1. The molecule has 0 radical (unpaired) electrons. The SMILES string of the molecule is O=C1NC(=O)/C(=C/c2ccnc(CC3CCC(CCCc4ccc(F)cc4-c4ccco4)CC3)n2)S1. The molecule has 0 atom stereocenters. The molecule has 2 amide bonds. The van der Waals surface area contributed by atoms with Crippen LogP contribution in [0.2, 0.25) is 0 Å². The standard InChI is InChI=1S/C28H28FN3O3S/c29-21-11-10-20(23(16-21)24-5-2-14-35-24)4-1-3-18-6-8-19(9-7-18)15-26-30-13-12-22(31-26)17-25-27(33)32-28(34)36-25/h2,5,10-14,16-19H,1,3-4,6-9,15H2,(H,32,33,34)/b25-17-. The zero-order valence-electron chi connectivity index (χ0n) is 19.9. The molecule has 8 heteroatoms. The third-order valence-corrected chi connectivity index (χ3v) is 7.81. The van der Waals surface area contributed by atoms with E-state index in [2.05, 4.69) is 15.3 Å². The summed E-state index contributed by atoms with van der Waals surface area (Å²) in [5.74, 6) is 2.14. The number of carbonyl (C=O) groups excluding carboxylic acids is 2. The summed E-state index contributed by atoms with van der Waals surface area (Å²) >= 11 is 0.896. The number of benzene rings is 1. The van der Waals surface area contributed by atoms with Crippen LogP contribution in [-0.4, -0.2) is 21.1 Å². The van der Waals surface area contributed by atoms with Gasteiger partial charge < -0.3 is 4.42 Å². The summed E-state index contributed by atoms with van der Waals surface area (Å²) in [6.07, 6.45) is 13.7. The van der Waals surface area contributed by atoms with Crippen molar-refractivity contribution in [3.05, 3.63) is 76.7 Å². The predicted molar refractivity (Wildman–Crippen MR) is 137 cm³/mol. The Morgan fingerprint density at radius 3 is 2.69 bits per heavy atom. The van der Waals surface area contributed by atoms with E-state index < -0.39 is 0 Å². The highest BCUT2D eigenvalue weighted by molar-refractivity contribution is 8.18. The van der Waals surface area contributed by atoms with Gasteiger partial charge in [-0.15, -0.1) is 0 Å². The highest BCUT2D eigenvalue weighted by Gasteiger charge is 2.26. The molecule has 2 aliphatic rings. The van der Waals surface area contributed by atoms with Crippen molar-refractivity contribution in [3.8, 4) is 11.3 Å². The van der Waals surface area contributed by atoms with Crippen LogP contribution >= 0.6 is 11.8 Å². The molecule has 1 saturated heterocycles. The lowest BCUT2D eigenvalue weighted by Gasteiger charge is -2.28. The lowest BCUT2D eigenvalue weighted by atomic mass is 9.78. The van der Waals surface area contributed by atoms with Gasteiger partial charge in [0.05, 0.1) is 16.9 Å². The molecule has 1 aromatic carbocycles. The molecule has 0 spiro atoms. The number of thioether (sulfide) groups is 1. The van der Waals surface area contributed by atoms with Crippen molar-refractivity contribution in [2.75, 3.05) is 0 Å². The minimum absolute atomic E-state index is 0.243. The van der Waals surface area contributed by atoms with E-state index >= 15 is 0 Å². The number of aryl methyl sites for hydroxylation is 1. The number of carbonyl (C=O) groups is 2. The van der Waals surface area contributed by atoms with Gasteiger partial charge in [0, 0.05) is 18.2 Å². The van der Waals surface area contributed by atoms with Crippen LogP contribution < -0.4 is 5.32 Å². The summed E-state index contributed by atoms with van der Waals surface area (Å²) < 4.78 is 19.3. The van der Waals surface area contributed by atoms with Crippen molar-refractivity contribution in [3.63, 3.8) is 0 Å². The molecule has 0 unspecified atom stereocenters. The minimum Gasteiger partial charge on any atom is -0.464 e. The molecule has 1 saturated carbocycles. The van der Waals surface area contributed by atoms with Crippen LogP contribution in [0, 0.1) is 17.7 Å². The molecule has 3 aromatic rings. The fourth-order valence-electron chi connectivity index (χ4n) is 5.14. The molecule has 2 aromatic heterocycles. The van der Waals surface area contributed by atoms with Crippen molar-refractivity contribution >= 4 is 29.0 Å². The van der Waals surface area contributed by atoms with Gasteiger partial charge in [-0.25, -0.2) is 14.4 Å².